The van der Waals surface area contributed by atoms with Crippen LogP contribution in [0.2, 0.25) is 0 Å². The molecule has 0 aliphatic carbocycles. The fourth-order valence-electron chi connectivity index (χ4n) is 4.25. The molecule has 1 amide bonds. The van der Waals surface area contributed by atoms with E-state index in [9.17, 15) is 13.2 Å². The van der Waals surface area contributed by atoms with Crippen molar-refractivity contribution in [2.24, 2.45) is 0 Å². The van der Waals surface area contributed by atoms with E-state index in [0.29, 0.717) is 17.2 Å². The van der Waals surface area contributed by atoms with Crippen LogP contribution in [-0.4, -0.2) is 48.2 Å². The van der Waals surface area contributed by atoms with Crippen LogP contribution in [0, 0.1) is 0 Å². The molecule has 1 aliphatic heterocycles. The summed E-state index contributed by atoms with van der Waals surface area (Å²) in [5.74, 6) is 0.351. The highest BCUT2D eigenvalue weighted by Gasteiger charge is 2.28. The van der Waals surface area contributed by atoms with E-state index in [1.165, 1.54) is 45.6 Å². The van der Waals surface area contributed by atoms with Crippen LogP contribution < -0.4 is 24.0 Å². The number of ether oxygens (including phenoxy) is 2. The molecule has 0 saturated carbocycles. The van der Waals surface area contributed by atoms with Crippen LogP contribution in [-0.2, 0) is 14.8 Å². The summed E-state index contributed by atoms with van der Waals surface area (Å²) >= 11 is 0. The standard InChI is InChI=1S/C27H31N3O5S/c1-34-25-16-15-23(19-26(25)35-2)30(36(32,33)24-9-5-3-6-10-24)20-27(31)28-21-11-13-22(14-12-21)29-17-7-4-8-18-29/h3,5-6,9-16,19H,4,7-8,17-18,20H2,1-2H3,(H,28,31). The third kappa shape index (κ3) is 5.73. The summed E-state index contributed by atoms with van der Waals surface area (Å²) in [5, 5.41) is 2.83. The quantitative estimate of drug-likeness (QED) is 0.456. The van der Waals surface area contributed by atoms with Crippen molar-refractivity contribution in [2.45, 2.75) is 24.2 Å². The fraction of sp³-hybridized carbons (Fsp3) is 0.296. The minimum absolute atomic E-state index is 0.0819. The summed E-state index contributed by atoms with van der Waals surface area (Å²) < 4.78 is 38.8. The predicted octanol–water partition coefficient (Wildman–Crippen LogP) is 4.53. The van der Waals surface area contributed by atoms with Crippen molar-refractivity contribution in [3.8, 4) is 11.5 Å². The first-order chi connectivity index (χ1) is 17.4. The van der Waals surface area contributed by atoms with E-state index in [2.05, 4.69) is 10.2 Å². The Hall–Kier alpha value is -3.72. The Morgan fingerprint density at radius 2 is 1.56 bits per heavy atom. The highest BCUT2D eigenvalue weighted by atomic mass is 32.2. The molecule has 1 fully saturated rings. The number of hydrogen-bond donors (Lipinski definition) is 1. The monoisotopic (exact) mass is 509 g/mol. The number of rotatable bonds is 9. The van der Waals surface area contributed by atoms with Crippen LogP contribution in [0.25, 0.3) is 0 Å². The van der Waals surface area contributed by atoms with Crippen molar-refractivity contribution in [1.82, 2.24) is 0 Å². The number of carbonyl (C=O) groups excluding carboxylic acids is 1. The molecule has 36 heavy (non-hydrogen) atoms. The number of carbonyl (C=O) groups is 1. The normalized spacial score (nSPS) is 13.7. The Balaban J connectivity index is 1.58. The number of benzene rings is 3. The second-order valence-corrected chi connectivity index (χ2v) is 10.4. The fourth-order valence-corrected chi connectivity index (χ4v) is 5.69. The Kier molecular flexibility index (Phi) is 8.00. The first-order valence-corrected chi connectivity index (χ1v) is 13.3. The van der Waals surface area contributed by atoms with Gasteiger partial charge in [-0.3, -0.25) is 9.10 Å². The summed E-state index contributed by atoms with van der Waals surface area (Å²) in [6.07, 6.45) is 3.62. The number of piperidine rings is 1. The van der Waals surface area contributed by atoms with Crippen LogP contribution in [0.15, 0.2) is 77.7 Å². The van der Waals surface area contributed by atoms with Crippen molar-refractivity contribution in [1.29, 1.82) is 0 Å². The smallest absolute Gasteiger partial charge is 0.264 e. The predicted molar refractivity (Wildman–Crippen MR) is 142 cm³/mol. The Labute approximate surface area is 212 Å². The molecule has 0 unspecified atom stereocenters. The number of hydrogen-bond acceptors (Lipinski definition) is 6. The molecule has 0 aromatic heterocycles. The zero-order valence-corrected chi connectivity index (χ0v) is 21.3. The molecule has 0 radical (unpaired) electrons. The molecule has 3 aromatic rings. The number of nitrogens with one attached hydrogen (secondary N) is 1. The average Bonchev–Trinajstić information content (AvgIpc) is 2.92. The van der Waals surface area contributed by atoms with E-state index in [0.717, 1.165) is 23.1 Å². The molecular weight excluding hydrogens is 478 g/mol. The van der Waals surface area contributed by atoms with Crippen molar-refractivity contribution in [2.75, 3.05) is 48.4 Å². The first kappa shape index (κ1) is 25.4. The van der Waals surface area contributed by atoms with Crippen molar-refractivity contribution < 1.29 is 22.7 Å². The average molecular weight is 510 g/mol. The lowest BCUT2D eigenvalue weighted by Crippen LogP contribution is -2.38. The number of anilines is 3. The summed E-state index contributed by atoms with van der Waals surface area (Å²) in [6.45, 7) is 1.65. The molecule has 0 atom stereocenters. The molecule has 8 nitrogen and oxygen atoms in total. The maximum Gasteiger partial charge on any atom is 0.264 e. The molecular formula is C27H31N3O5S. The molecule has 0 bridgehead atoms. The van der Waals surface area contributed by atoms with Gasteiger partial charge in [-0.1, -0.05) is 18.2 Å². The maximum atomic E-state index is 13.6. The molecule has 4 rings (SSSR count). The van der Waals surface area contributed by atoms with Gasteiger partial charge >= 0.3 is 0 Å². The van der Waals surface area contributed by atoms with Crippen LogP contribution >= 0.6 is 0 Å². The molecule has 1 N–H and O–H groups in total. The molecule has 190 valence electrons. The summed E-state index contributed by atoms with van der Waals surface area (Å²) in [6, 6.07) is 20.4. The number of nitrogens with zero attached hydrogens (tertiary/aromatic N) is 2. The van der Waals surface area contributed by atoms with Gasteiger partial charge in [0.15, 0.2) is 11.5 Å². The SMILES string of the molecule is COc1ccc(N(CC(=O)Nc2ccc(N3CCCCC3)cc2)S(=O)(=O)c2ccccc2)cc1OC. The number of sulfonamides is 1. The zero-order valence-electron chi connectivity index (χ0n) is 20.5. The van der Waals surface area contributed by atoms with E-state index in [4.69, 9.17) is 9.47 Å². The molecule has 1 heterocycles. The molecule has 9 heteroatoms. The topological polar surface area (TPSA) is 88.2 Å². The largest absolute Gasteiger partial charge is 0.493 e. The highest BCUT2D eigenvalue weighted by molar-refractivity contribution is 7.92. The molecule has 0 spiro atoms. The van der Waals surface area contributed by atoms with E-state index >= 15 is 0 Å². The Morgan fingerprint density at radius 3 is 2.19 bits per heavy atom. The van der Waals surface area contributed by atoms with Crippen LogP contribution in [0.5, 0.6) is 11.5 Å². The van der Waals surface area contributed by atoms with Gasteiger partial charge in [0, 0.05) is 30.5 Å². The number of methoxy groups -OCH3 is 2. The van der Waals surface area contributed by atoms with Crippen LogP contribution in [0.3, 0.4) is 0 Å². The second-order valence-electron chi connectivity index (χ2n) is 8.51. The second kappa shape index (κ2) is 11.3. The Bertz CT molecular complexity index is 1270. The van der Waals surface area contributed by atoms with Gasteiger partial charge in [0.2, 0.25) is 5.91 Å². The minimum atomic E-state index is -4.04. The van der Waals surface area contributed by atoms with Crippen LogP contribution in [0.4, 0.5) is 17.1 Å². The van der Waals surface area contributed by atoms with Gasteiger partial charge in [-0.15, -0.1) is 0 Å². The van der Waals surface area contributed by atoms with Gasteiger partial charge in [0.1, 0.15) is 6.54 Å². The molecule has 1 saturated heterocycles. The number of amides is 1. The van der Waals surface area contributed by atoms with Gasteiger partial charge in [-0.05, 0) is 67.8 Å². The Morgan fingerprint density at radius 1 is 0.889 bits per heavy atom. The van der Waals surface area contributed by atoms with Gasteiger partial charge in [-0.25, -0.2) is 8.42 Å². The van der Waals surface area contributed by atoms with Gasteiger partial charge < -0.3 is 19.7 Å². The van der Waals surface area contributed by atoms with E-state index in [1.54, 1.807) is 36.4 Å². The minimum Gasteiger partial charge on any atom is -0.493 e. The third-order valence-corrected chi connectivity index (χ3v) is 7.93. The highest BCUT2D eigenvalue weighted by Crippen LogP contribution is 2.34. The van der Waals surface area contributed by atoms with E-state index in [1.807, 2.05) is 24.3 Å². The van der Waals surface area contributed by atoms with E-state index < -0.39 is 22.5 Å². The van der Waals surface area contributed by atoms with Crippen molar-refractivity contribution in [3.05, 3.63) is 72.8 Å². The van der Waals surface area contributed by atoms with Crippen molar-refractivity contribution in [3.63, 3.8) is 0 Å². The zero-order chi connectivity index (χ0) is 25.5. The lowest BCUT2D eigenvalue weighted by atomic mass is 10.1. The van der Waals surface area contributed by atoms with E-state index in [-0.39, 0.29) is 10.6 Å². The lowest BCUT2D eigenvalue weighted by molar-refractivity contribution is -0.114. The summed E-state index contributed by atoms with van der Waals surface area (Å²) in [5.41, 5.74) is 2.00. The van der Waals surface area contributed by atoms with Gasteiger partial charge in [-0.2, -0.15) is 0 Å². The maximum absolute atomic E-state index is 13.6. The first-order valence-electron chi connectivity index (χ1n) is 11.9. The summed E-state index contributed by atoms with van der Waals surface area (Å²) in [4.78, 5) is 15.5. The molecule has 1 aliphatic rings. The lowest BCUT2D eigenvalue weighted by Gasteiger charge is -2.29. The molecule has 3 aromatic carbocycles. The van der Waals surface area contributed by atoms with Gasteiger partial charge in [0.05, 0.1) is 24.8 Å². The summed E-state index contributed by atoms with van der Waals surface area (Å²) in [7, 11) is -1.07. The van der Waals surface area contributed by atoms with Crippen LogP contribution in [0.1, 0.15) is 19.3 Å². The van der Waals surface area contributed by atoms with Crippen molar-refractivity contribution >= 4 is 33.0 Å². The van der Waals surface area contributed by atoms with Gasteiger partial charge in [0.25, 0.3) is 10.0 Å². The third-order valence-electron chi connectivity index (χ3n) is 6.15.